The second-order valence-electron chi connectivity index (χ2n) is 5.78. The number of nitrogens with two attached hydrogens (primary N) is 1. The summed E-state index contributed by atoms with van der Waals surface area (Å²) in [4.78, 5) is 14.8. The summed E-state index contributed by atoms with van der Waals surface area (Å²) in [7, 11) is 0. The van der Waals surface area contributed by atoms with Gasteiger partial charge in [-0.05, 0) is 50.8 Å². The molecule has 1 aromatic carbocycles. The van der Waals surface area contributed by atoms with Crippen LogP contribution >= 0.6 is 0 Å². The number of fused-ring (bicyclic) bond motifs is 1. The summed E-state index contributed by atoms with van der Waals surface area (Å²) in [5, 5.41) is 0. The number of hydrogen-bond donors (Lipinski definition) is 2. The van der Waals surface area contributed by atoms with E-state index in [1.165, 1.54) is 5.56 Å². The Morgan fingerprint density at radius 3 is 2.78 bits per heavy atom. The summed E-state index contributed by atoms with van der Waals surface area (Å²) in [5.41, 5.74) is 9.19. The Kier molecular flexibility index (Phi) is 2.38. The zero-order valence-corrected chi connectivity index (χ0v) is 10.9. The van der Waals surface area contributed by atoms with Crippen LogP contribution in [0.4, 0.5) is 0 Å². The zero-order valence-electron chi connectivity index (χ0n) is 10.9. The lowest BCUT2D eigenvalue weighted by molar-refractivity contribution is 0.598. The molecular formula is C14H19N3O. The normalized spacial score (nSPS) is 17.6. The van der Waals surface area contributed by atoms with Gasteiger partial charge in [0.05, 0.1) is 11.0 Å². The maximum absolute atomic E-state index is 11.9. The molecule has 1 aromatic heterocycles. The van der Waals surface area contributed by atoms with Crippen LogP contribution in [0.5, 0.6) is 0 Å². The van der Waals surface area contributed by atoms with Gasteiger partial charge in [0, 0.05) is 11.6 Å². The van der Waals surface area contributed by atoms with Gasteiger partial charge in [-0.2, -0.15) is 0 Å². The summed E-state index contributed by atoms with van der Waals surface area (Å²) in [6.45, 7) is 4.03. The Labute approximate surface area is 106 Å². The maximum atomic E-state index is 11.9. The second kappa shape index (κ2) is 3.72. The minimum absolute atomic E-state index is 0.00852. The number of hydrogen-bond acceptors (Lipinski definition) is 2. The van der Waals surface area contributed by atoms with Gasteiger partial charge >= 0.3 is 5.69 Å². The molecular weight excluding hydrogens is 226 g/mol. The summed E-state index contributed by atoms with van der Waals surface area (Å²) >= 11 is 0. The predicted molar refractivity (Wildman–Crippen MR) is 72.8 cm³/mol. The molecule has 3 rings (SSSR count). The molecule has 4 nitrogen and oxygen atoms in total. The third-order valence-corrected chi connectivity index (χ3v) is 3.75. The van der Waals surface area contributed by atoms with Crippen molar-refractivity contribution in [2.45, 2.75) is 44.7 Å². The molecule has 96 valence electrons. The van der Waals surface area contributed by atoms with Crippen LogP contribution in [0.25, 0.3) is 11.0 Å². The van der Waals surface area contributed by atoms with E-state index in [2.05, 4.69) is 17.1 Å². The highest BCUT2D eigenvalue weighted by Gasteiger charge is 2.37. The number of nitrogens with one attached hydrogen (secondary N) is 1. The number of aromatic nitrogens is 2. The van der Waals surface area contributed by atoms with Gasteiger partial charge in [0.25, 0.3) is 0 Å². The molecule has 1 heterocycles. The minimum Gasteiger partial charge on any atom is -0.325 e. The molecule has 0 atom stereocenters. The van der Waals surface area contributed by atoms with Crippen LogP contribution in [0.1, 0.15) is 38.3 Å². The van der Waals surface area contributed by atoms with Crippen LogP contribution < -0.4 is 11.4 Å². The third-order valence-electron chi connectivity index (χ3n) is 3.75. The molecule has 4 heteroatoms. The van der Waals surface area contributed by atoms with Gasteiger partial charge in [-0.25, -0.2) is 4.79 Å². The first-order chi connectivity index (χ1) is 8.48. The van der Waals surface area contributed by atoms with Crippen LogP contribution in [0.3, 0.4) is 0 Å². The van der Waals surface area contributed by atoms with E-state index in [0.29, 0.717) is 0 Å². The van der Waals surface area contributed by atoms with Crippen molar-refractivity contribution in [1.29, 1.82) is 0 Å². The van der Waals surface area contributed by atoms with Crippen LogP contribution in [0.2, 0.25) is 0 Å². The van der Waals surface area contributed by atoms with E-state index in [-0.39, 0.29) is 17.3 Å². The van der Waals surface area contributed by atoms with Crippen molar-refractivity contribution >= 4 is 11.0 Å². The van der Waals surface area contributed by atoms with E-state index in [1.807, 2.05) is 19.9 Å². The Hall–Kier alpha value is -1.55. The largest absolute Gasteiger partial charge is 0.326 e. The Morgan fingerprint density at radius 2 is 2.17 bits per heavy atom. The standard InChI is InChI=1S/C14H19N3O/c1-9(2)17-12-4-3-10(8-14(15)5-6-14)7-11(12)16-13(17)18/h3-4,7,9H,5-6,8,15H2,1-2H3,(H,16,18). The van der Waals surface area contributed by atoms with Crippen LogP contribution in [-0.4, -0.2) is 15.1 Å². The van der Waals surface area contributed by atoms with Gasteiger partial charge in [-0.15, -0.1) is 0 Å². The fraction of sp³-hybridized carbons (Fsp3) is 0.500. The molecule has 0 saturated heterocycles. The van der Waals surface area contributed by atoms with Crippen LogP contribution in [0.15, 0.2) is 23.0 Å². The Morgan fingerprint density at radius 1 is 1.44 bits per heavy atom. The van der Waals surface area contributed by atoms with Gasteiger partial charge in [-0.1, -0.05) is 6.07 Å². The molecule has 18 heavy (non-hydrogen) atoms. The fourth-order valence-corrected chi connectivity index (χ4v) is 2.54. The number of rotatable bonds is 3. The number of nitrogens with zero attached hydrogens (tertiary/aromatic N) is 1. The van der Waals surface area contributed by atoms with E-state index < -0.39 is 0 Å². The summed E-state index contributed by atoms with van der Waals surface area (Å²) < 4.78 is 1.79. The van der Waals surface area contributed by atoms with E-state index in [9.17, 15) is 4.79 Å². The molecule has 1 aliphatic rings. The zero-order chi connectivity index (χ0) is 12.9. The van der Waals surface area contributed by atoms with E-state index >= 15 is 0 Å². The van der Waals surface area contributed by atoms with Crippen LogP contribution in [-0.2, 0) is 6.42 Å². The molecule has 1 fully saturated rings. The molecule has 0 amide bonds. The van der Waals surface area contributed by atoms with Gasteiger partial charge in [0.1, 0.15) is 0 Å². The van der Waals surface area contributed by atoms with Gasteiger partial charge in [-0.3, -0.25) is 4.57 Å². The van der Waals surface area contributed by atoms with Crippen molar-refractivity contribution in [3.8, 4) is 0 Å². The van der Waals surface area contributed by atoms with Crippen molar-refractivity contribution in [2.24, 2.45) is 5.73 Å². The van der Waals surface area contributed by atoms with Crippen molar-refractivity contribution in [3.63, 3.8) is 0 Å². The maximum Gasteiger partial charge on any atom is 0.326 e. The number of imidazole rings is 1. The molecule has 0 radical (unpaired) electrons. The van der Waals surface area contributed by atoms with Crippen molar-refractivity contribution < 1.29 is 0 Å². The number of benzene rings is 1. The number of H-pyrrole nitrogens is 1. The van der Waals surface area contributed by atoms with Gasteiger partial charge in [0.2, 0.25) is 0 Å². The lowest BCUT2D eigenvalue weighted by Gasteiger charge is -2.10. The fourth-order valence-electron chi connectivity index (χ4n) is 2.54. The molecule has 2 aromatic rings. The third kappa shape index (κ3) is 1.86. The van der Waals surface area contributed by atoms with E-state index in [4.69, 9.17) is 5.73 Å². The van der Waals surface area contributed by atoms with E-state index in [1.54, 1.807) is 4.57 Å². The quantitative estimate of drug-likeness (QED) is 0.868. The summed E-state index contributed by atoms with van der Waals surface area (Å²) in [6, 6.07) is 6.33. The highest BCUT2D eigenvalue weighted by atomic mass is 16.1. The Balaban J connectivity index is 2.05. The van der Waals surface area contributed by atoms with Crippen LogP contribution in [0, 0.1) is 0 Å². The molecule has 0 unspecified atom stereocenters. The highest BCUT2D eigenvalue weighted by molar-refractivity contribution is 5.76. The lowest BCUT2D eigenvalue weighted by Crippen LogP contribution is -2.24. The van der Waals surface area contributed by atoms with Crippen molar-refractivity contribution in [3.05, 3.63) is 34.2 Å². The minimum atomic E-state index is -0.0361. The van der Waals surface area contributed by atoms with Crippen molar-refractivity contribution in [2.75, 3.05) is 0 Å². The molecule has 0 spiro atoms. The lowest BCUT2D eigenvalue weighted by atomic mass is 10.0. The monoisotopic (exact) mass is 245 g/mol. The second-order valence-corrected chi connectivity index (χ2v) is 5.78. The summed E-state index contributed by atoms with van der Waals surface area (Å²) in [6.07, 6.45) is 3.11. The Bertz CT molecular complexity index is 647. The molecule has 1 aliphatic carbocycles. The predicted octanol–water partition coefficient (Wildman–Crippen LogP) is 1.94. The topological polar surface area (TPSA) is 63.8 Å². The first kappa shape index (κ1) is 11.5. The molecule has 3 N–H and O–H groups in total. The molecule has 1 saturated carbocycles. The smallest absolute Gasteiger partial charge is 0.325 e. The first-order valence-electron chi connectivity index (χ1n) is 6.51. The molecule has 0 aliphatic heterocycles. The van der Waals surface area contributed by atoms with Crippen molar-refractivity contribution in [1.82, 2.24) is 9.55 Å². The molecule has 0 bridgehead atoms. The van der Waals surface area contributed by atoms with Gasteiger partial charge in [0.15, 0.2) is 0 Å². The highest BCUT2D eigenvalue weighted by Crippen LogP contribution is 2.35. The average Bonchev–Trinajstić information content (AvgIpc) is 2.89. The van der Waals surface area contributed by atoms with E-state index in [0.717, 1.165) is 30.3 Å². The SMILES string of the molecule is CC(C)n1c(=O)[nH]c2cc(CC3(N)CC3)ccc21. The summed E-state index contributed by atoms with van der Waals surface area (Å²) in [5.74, 6) is 0. The first-order valence-corrected chi connectivity index (χ1v) is 6.51. The average molecular weight is 245 g/mol. The number of aromatic amines is 1. The van der Waals surface area contributed by atoms with Gasteiger partial charge < -0.3 is 10.7 Å².